The van der Waals surface area contributed by atoms with Crippen LogP contribution < -0.4 is 10.5 Å². The van der Waals surface area contributed by atoms with E-state index in [0.29, 0.717) is 25.3 Å². The molecule has 0 spiro atoms. The summed E-state index contributed by atoms with van der Waals surface area (Å²) in [4.78, 5) is 14.1. The van der Waals surface area contributed by atoms with E-state index in [1.807, 2.05) is 18.2 Å². The Morgan fingerprint density at radius 1 is 1.38 bits per heavy atom. The molecular weight excluding hydrogens is 288 g/mol. The molecule has 5 heteroatoms. The molecule has 0 aliphatic carbocycles. The summed E-state index contributed by atoms with van der Waals surface area (Å²) < 4.78 is 5.56. The zero-order valence-corrected chi connectivity index (χ0v) is 14.2. The van der Waals surface area contributed by atoms with Crippen molar-refractivity contribution < 1.29 is 9.53 Å². The van der Waals surface area contributed by atoms with Gasteiger partial charge in [0.15, 0.2) is 0 Å². The number of amides is 1. The van der Waals surface area contributed by atoms with Gasteiger partial charge in [0.05, 0.1) is 6.61 Å². The Morgan fingerprint density at radius 3 is 2.62 bits per heavy atom. The van der Waals surface area contributed by atoms with E-state index >= 15 is 0 Å². The Bertz CT molecular complexity index is 450. The van der Waals surface area contributed by atoms with Gasteiger partial charge in [0.25, 0.3) is 5.91 Å². The number of benzene rings is 1. The molecule has 0 saturated heterocycles. The second-order valence-corrected chi connectivity index (χ2v) is 5.91. The number of hydrogen-bond acceptors (Lipinski definition) is 3. The highest BCUT2D eigenvalue weighted by molar-refractivity contribution is 5.94. The fourth-order valence-corrected chi connectivity index (χ4v) is 1.94. The average Bonchev–Trinajstić information content (AvgIpc) is 2.44. The Morgan fingerprint density at radius 2 is 2.05 bits per heavy atom. The standard InChI is InChI=1S/C16H26N2O2.ClH/c1-5-9-20-14-8-6-7-13(10-14)15(19)18(4)12-16(2,3)11-17;/h6-8,10H,5,9,11-12,17H2,1-4H3;1H. The highest BCUT2D eigenvalue weighted by atomic mass is 35.5. The number of nitrogens with two attached hydrogens (primary N) is 1. The Kier molecular flexibility index (Phi) is 8.37. The summed E-state index contributed by atoms with van der Waals surface area (Å²) in [6.45, 7) is 7.99. The van der Waals surface area contributed by atoms with Crippen molar-refractivity contribution in [1.29, 1.82) is 0 Å². The number of ether oxygens (including phenoxy) is 1. The van der Waals surface area contributed by atoms with Crippen LogP contribution in [0.4, 0.5) is 0 Å². The van der Waals surface area contributed by atoms with Gasteiger partial charge in [-0.25, -0.2) is 0 Å². The zero-order valence-electron chi connectivity index (χ0n) is 13.4. The zero-order chi connectivity index (χ0) is 15.2. The van der Waals surface area contributed by atoms with E-state index in [1.54, 1.807) is 18.0 Å². The third-order valence-electron chi connectivity index (χ3n) is 3.12. The van der Waals surface area contributed by atoms with Crippen LogP contribution in [0.3, 0.4) is 0 Å². The van der Waals surface area contributed by atoms with E-state index in [2.05, 4.69) is 20.8 Å². The van der Waals surface area contributed by atoms with E-state index in [4.69, 9.17) is 10.5 Å². The monoisotopic (exact) mass is 314 g/mol. The average molecular weight is 315 g/mol. The van der Waals surface area contributed by atoms with Gasteiger partial charge in [0, 0.05) is 19.2 Å². The number of nitrogens with zero attached hydrogens (tertiary/aromatic N) is 1. The van der Waals surface area contributed by atoms with Crippen molar-refractivity contribution in [3.63, 3.8) is 0 Å². The van der Waals surface area contributed by atoms with Gasteiger partial charge in [0.2, 0.25) is 0 Å². The molecule has 21 heavy (non-hydrogen) atoms. The van der Waals surface area contributed by atoms with Gasteiger partial charge in [0.1, 0.15) is 5.75 Å². The lowest BCUT2D eigenvalue weighted by Gasteiger charge is -2.29. The predicted molar refractivity (Wildman–Crippen MR) is 89.3 cm³/mol. The molecule has 2 N–H and O–H groups in total. The molecule has 0 aliphatic heterocycles. The predicted octanol–water partition coefficient (Wildman–Crippen LogP) is 2.95. The Hall–Kier alpha value is -1.26. The largest absolute Gasteiger partial charge is 0.494 e. The first-order valence-electron chi connectivity index (χ1n) is 7.08. The second kappa shape index (κ2) is 8.90. The summed E-state index contributed by atoms with van der Waals surface area (Å²) in [5.41, 5.74) is 6.28. The molecular formula is C16H27ClN2O2. The Balaban J connectivity index is 0.00000400. The molecule has 0 unspecified atom stereocenters. The fraction of sp³-hybridized carbons (Fsp3) is 0.562. The number of carbonyl (C=O) groups is 1. The minimum atomic E-state index is -0.0826. The molecule has 0 aliphatic rings. The van der Waals surface area contributed by atoms with Crippen LogP contribution in [0.25, 0.3) is 0 Å². The van der Waals surface area contributed by atoms with Crippen LogP contribution in [0.5, 0.6) is 5.75 Å². The summed E-state index contributed by atoms with van der Waals surface area (Å²) in [7, 11) is 1.80. The van der Waals surface area contributed by atoms with Crippen molar-refractivity contribution in [2.45, 2.75) is 27.2 Å². The van der Waals surface area contributed by atoms with Gasteiger partial charge in [-0.15, -0.1) is 12.4 Å². The molecule has 0 bridgehead atoms. The smallest absolute Gasteiger partial charge is 0.253 e. The van der Waals surface area contributed by atoms with Gasteiger partial charge in [-0.3, -0.25) is 4.79 Å². The molecule has 120 valence electrons. The molecule has 1 aromatic rings. The van der Waals surface area contributed by atoms with Gasteiger partial charge in [-0.05, 0) is 36.6 Å². The third kappa shape index (κ3) is 6.36. The summed E-state index contributed by atoms with van der Waals surface area (Å²) in [5.74, 6) is 0.734. The number of rotatable bonds is 7. The van der Waals surface area contributed by atoms with E-state index < -0.39 is 0 Å². The maximum atomic E-state index is 12.4. The van der Waals surface area contributed by atoms with Crippen molar-refractivity contribution in [3.05, 3.63) is 29.8 Å². The lowest BCUT2D eigenvalue weighted by molar-refractivity contribution is 0.0740. The quantitative estimate of drug-likeness (QED) is 0.842. The first-order chi connectivity index (χ1) is 9.39. The molecule has 0 aromatic heterocycles. The highest BCUT2D eigenvalue weighted by Gasteiger charge is 2.22. The molecule has 1 amide bonds. The van der Waals surface area contributed by atoms with Crippen LogP contribution in [-0.4, -0.2) is 37.6 Å². The maximum absolute atomic E-state index is 12.4. The first kappa shape index (κ1) is 19.7. The van der Waals surface area contributed by atoms with Crippen molar-refractivity contribution in [2.75, 3.05) is 26.7 Å². The van der Waals surface area contributed by atoms with Crippen molar-refractivity contribution >= 4 is 18.3 Å². The molecule has 0 fully saturated rings. The third-order valence-corrected chi connectivity index (χ3v) is 3.12. The molecule has 0 atom stereocenters. The fourth-order valence-electron chi connectivity index (χ4n) is 1.94. The second-order valence-electron chi connectivity index (χ2n) is 5.91. The lowest BCUT2D eigenvalue weighted by atomic mass is 9.93. The van der Waals surface area contributed by atoms with E-state index in [9.17, 15) is 4.79 Å². The topological polar surface area (TPSA) is 55.6 Å². The molecule has 1 aromatic carbocycles. The van der Waals surface area contributed by atoms with Crippen LogP contribution in [-0.2, 0) is 0 Å². The summed E-state index contributed by atoms with van der Waals surface area (Å²) in [5, 5.41) is 0. The van der Waals surface area contributed by atoms with Crippen LogP contribution in [0.2, 0.25) is 0 Å². The highest BCUT2D eigenvalue weighted by Crippen LogP contribution is 2.18. The van der Waals surface area contributed by atoms with Crippen LogP contribution >= 0.6 is 12.4 Å². The van der Waals surface area contributed by atoms with Gasteiger partial charge in [-0.1, -0.05) is 26.8 Å². The van der Waals surface area contributed by atoms with Crippen molar-refractivity contribution in [2.24, 2.45) is 11.1 Å². The van der Waals surface area contributed by atoms with Gasteiger partial charge >= 0.3 is 0 Å². The van der Waals surface area contributed by atoms with E-state index in [1.165, 1.54) is 0 Å². The summed E-state index contributed by atoms with van der Waals surface area (Å²) >= 11 is 0. The van der Waals surface area contributed by atoms with Crippen LogP contribution in [0.15, 0.2) is 24.3 Å². The Labute approximate surface area is 134 Å². The molecule has 4 nitrogen and oxygen atoms in total. The van der Waals surface area contributed by atoms with Crippen molar-refractivity contribution in [3.8, 4) is 5.75 Å². The number of carbonyl (C=O) groups excluding carboxylic acids is 1. The first-order valence-corrected chi connectivity index (χ1v) is 7.08. The normalized spacial score (nSPS) is 10.7. The van der Waals surface area contributed by atoms with Crippen molar-refractivity contribution in [1.82, 2.24) is 4.90 Å². The van der Waals surface area contributed by atoms with Crippen LogP contribution in [0, 0.1) is 5.41 Å². The molecule has 0 radical (unpaired) electrons. The van der Waals surface area contributed by atoms with Gasteiger partial charge < -0.3 is 15.4 Å². The van der Waals surface area contributed by atoms with Gasteiger partial charge in [-0.2, -0.15) is 0 Å². The molecule has 0 saturated carbocycles. The maximum Gasteiger partial charge on any atom is 0.253 e. The number of hydrogen-bond donors (Lipinski definition) is 1. The minimum absolute atomic E-state index is 0. The molecule has 1 rings (SSSR count). The minimum Gasteiger partial charge on any atom is -0.494 e. The number of halogens is 1. The van der Waals surface area contributed by atoms with E-state index in [0.717, 1.165) is 12.2 Å². The SMILES string of the molecule is CCCOc1cccc(C(=O)N(C)CC(C)(C)CN)c1.Cl. The summed E-state index contributed by atoms with van der Waals surface area (Å²) in [6.07, 6.45) is 0.947. The molecule has 0 heterocycles. The van der Waals surface area contributed by atoms with Crippen LogP contribution in [0.1, 0.15) is 37.6 Å². The lowest BCUT2D eigenvalue weighted by Crippen LogP contribution is -2.39. The van der Waals surface area contributed by atoms with E-state index in [-0.39, 0.29) is 23.7 Å². The summed E-state index contributed by atoms with van der Waals surface area (Å²) in [6, 6.07) is 7.33.